The molecule has 0 bridgehead atoms. The maximum Gasteiger partial charge on any atom is 0.253 e. The van der Waals surface area contributed by atoms with Gasteiger partial charge < -0.3 is 14.7 Å². The first-order valence-electron chi connectivity index (χ1n) is 8.32. The van der Waals surface area contributed by atoms with Crippen LogP contribution in [0.2, 0.25) is 0 Å². The van der Waals surface area contributed by atoms with Gasteiger partial charge in [0.15, 0.2) is 0 Å². The zero-order valence-electron chi connectivity index (χ0n) is 15.0. The van der Waals surface area contributed by atoms with Gasteiger partial charge in [-0.3, -0.25) is 9.59 Å². The Morgan fingerprint density at radius 3 is 2.63 bits per heavy atom. The highest BCUT2D eigenvalue weighted by Crippen LogP contribution is 2.18. The summed E-state index contributed by atoms with van der Waals surface area (Å²) in [4.78, 5) is 25.5. The first kappa shape index (κ1) is 19.1. The molecule has 1 aliphatic rings. The number of aromatic nitrogens is 1. The van der Waals surface area contributed by atoms with Gasteiger partial charge in [-0.2, -0.15) is 4.31 Å². The minimum atomic E-state index is -3.78. The summed E-state index contributed by atoms with van der Waals surface area (Å²) in [6.45, 7) is 2.33. The van der Waals surface area contributed by atoms with Crippen LogP contribution in [0.3, 0.4) is 0 Å². The van der Waals surface area contributed by atoms with Crippen molar-refractivity contribution in [3.05, 3.63) is 47.3 Å². The van der Waals surface area contributed by atoms with Crippen LogP contribution in [0, 0.1) is 6.92 Å². The Hall–Kier alpha value is -2.72. The Morgan fingerprint density at radius 2 is 2.04 bits per heavy atom. The largest absolute Gasteiger partial charge is 0.361 e. The monoisotopic (exact) mass is 392 g/mol. The Labute approximate surface area is 157 Å². The zero-order valence-corrected chi connectivity index (χ0v) is 15.8. The molecule has 1 N–H and O–H groups in total. The van der Waals surface area contributed by atoms with Crippen molar-refractivity contribution in [2.45, 2.75) is 18.4 Å². The molecule has 0 atom stereocenters. The van der Waals surface area contributed by atoms with Crippen molar-refractivity contribution in [1.29, 1.82) is 0 Å². The number of nitrogens with zero attached hydrogens (tertiary/aromatic N) is 3. The average Bonchev–Trinajstić information content (AvgIpc) is 3.06. The van der Waals surface area contributed by atoms with Gasteiger partial charge >= 0.3 is 0 Å². The van der Waals surface area contributed by atoms with E-state index in [9.17, 15) is 18.0 Å². The van der Waals surface area contributed by atoms with Gasteiger partial charge in [0.25, 0.3) is 5.91 Å². The van der Waals surface area contributed by atoms with Gasteiger partial charge in [-0.05, 0) is 31.2 Å². The average molecular weight is 392 g/mol. The van der Waals surface area contributed by atoms with Crippen LogP contribution in [-0.2, 0) is 21.4 Å². The molecule has 1 saturated heterocycles. The van der Waals surface area contributed by atoms with Gasteiger partial charge in [0, 0.05) is 31.8 Å². The number of nitrogens with one attached hydrogen (secondary N) is 1. The number of hydrogen-bond donors (Lipinski definition) is 1. The Bertz CT molecular complexity index is 952. The molecule has 27 heavy (non-hydrogen) atoms. The van der Waals surface area contributed by atoms with E-state index in [1.807, 2.05) is 0 Å². The molecule has 10 heteroatoms. The lowest BCUT2D eigenvalue weighted by atomic mass is 10.2. The summed E-state index contributed by atoms with van der Waals surface area (Å²) in [5.41, 5.74) is 0.985. The Morgan fingerprint density at radius 1 is 1.33 bits per heavy atom. The van der Waals surface area contributed by atoms with Gasteiger partial charge in [0.05, 0.1) is 18.0 Å². The summed E-state index contributed by atoms with van der Waals surface area (Å²) in [5, 5.41) is 6.44. The molecule has 0 radical (unpaired) electrons. The van der Waals surface area contributed by atoms with Crippen molar-refractivity contribution in [2.24, 2.45) is 0 Å². The number of carbonyl (C=O) groups is 2. The molecule has 0 aliphatic carbocycles. The highest BCUT2D eigenvalue weighted by molar-refractivity contribution is 7.89. The molecule has 2 aromatic rings. The van der Waals surface area contributed by atoms with E-state index in [1.54, 1.807) is 20.0 Å². The lowest BCUT2D eigenvalue weighted by Gasteiger charge is -2.26. The van der Waals surface area contributed by atoms with Crippen molar-refractivity contribution in [1.82, 2.24) is 19.7 Å². The van der Waals surface area contributed by atoms with Crippen molar-refractivity contribution in [3.63, 3.8) is 0 Å². The maximum atomic E-state index is 12.6. The number of hydrogen-bond acceptors (Lipinski definition) is 6. The zero-order chi connectivity index (χ0) is 19.6. The number of rotatable bonds is 5. The third-order valence-electron chi connectivity index (χ3n) is 4.17. The van der Waals surface area contributed by atoms with E-state index in [1.165, 1.54) is 29.2 Å². The van der Waals surface area contributed by atoms with E-state index >= 15 is 0 Å². The molecule has 0 saturated carbocycles. The van der Waals surface area contributed by atoms with Crippen LogP contribution >= 0.6 is 0 Å². The van der Waals surface area contributed by atoms with Crippen LogP contribution in [0.5, 0.6) is 0 Å². The van der Waals surface area contributed by atoms with Gasteiger partial charge in [-0.15, -0.1) is 0 Å². The number of piperazine rings is 1. The van der Waals surface area contributed by atoms with Gasteiger partial charge in [0.1, 0.15) is 11.5 Å². The Balaban J connectivity index is 1.72. The number of aryl methyl sites for hydroxylation is 1. The van der Waals surface area contributed by atoms with Crippen LogP contribution in [-0.4, -0.2) is 61.3 Å². The predicted octanol–water partition coefficient (Wildman–Crippen LogP) is 0.376. The minimum absolute atomic E-state index is 0.0449. The fraction of sp³-hybridized carbons (Fsp3) is 0.353. The molecule has 1 aliphatic heterocycles. The molecule has 2 heterocycles. The first-order valence-corrected chi connectivity index (χ1v) is 9.76. The van der Waals surface area contributed by atoms with E-state index in [0.29, 0.717) is 17.0 Å². The molecule has 1 fully saturated rings. The van der Waals surface area contributed by atoms with E-state index < -0.39 is 10.0 Å². The lowest BCUT2D eigenvalue weighted by molar-refractivity contribution is -0.122. The smallest absolute Gasteiger partial charge is 0.253 e. The van der Waals surface area contributed by atoms with E-state index in [2.05, 4.69) is 10.5 Å². The summed E-state index contributed by atoms with van der Waals surface area (Å²) < 4.78 is 31.4. The van der Waals surface area contributed by atoms with Crippen LogP contribution in [0.1, 0.15) is 21.8 Å². The second-order valence-electron chi connectivity index (χ2n) is 6.30. The molecule has 0 unspecified atom stereocenters. The van der Waals surface area contributed by atoms with E-state index in [-0.39, 0.29) is 42.9 Å². The van der Waals surface area contributed by atoms with Crippen LogP contribution in [0.15, 0.2) is 39.8 Å². The summed E-state index contributed by atoms with van der Waals surface area (Å²) >= 11 is 0. The summed E-state index contributed by atoms with van der Waals surface area (Å²) in [5.74, 6) is 0.0603. The molecule has 2 amide bonds. The quantitative estimate of drug-likeness (QED) is 0.787. The topological polar surface area (TPSA) is 113 Å². The molecule has 0 spiro atoms. The van der Waals surface area contributed by atoms with Crippen LogP contribution < -0.4 is 5.32 Å². The molecular weight excluding hydrogens is 372 g/mol. The van der Waals surface area contributed by atoms with E-state index in [0.717, 1.165) is 4.31 Å². The van der Waals surface area contributed by atoms with Crippen molar-refractivity contribution < 1.29 is 22.5 Å². The fourth-order valence-electron chi connectivity index (χ4n) is 2.77. The van der Waals surface area contributed by atoms with Gasteiger partial charge in [0.2, 0.25) is 15.9 Å². The molecule has 9 nitrogen and oxygen atoms in total. The molecule has 1 aromatic heterocycles. The fourth-order valence-corrected chi connectivity index (χ4v) is 4.16. The molecule has 144 valence electrons. The second-order valence-corrected chi connectivity index (χ2v) is 8.24. The highest BCUT2D eigenvalue weighted by atomic mass is 32.2. The van der Waals surface area contributed by atoms with Crippen molar-refractivity contribution in [2.75, 3.05) is 26.7 Å². The summed E-state index contributed by atoms with van der Waals surface area (Å²) in [6, 6.07) is 7.42. The standard InChI is InChI=1S/C17H20N4O5S/c1-12-9-14(19-26-12)10-20(2)17(23)13-3-5-15(6-4-13)27(24,25)21-8-7-18-16(22)11-21/h3-6,9H,7-8,10-11H2,1-2H3,(H,18,22). The normalized spacial score (nSPS) is 15.4. The summed E-state index contributed by atoms with van der Waals surface area (Å²) in [7, 11) is -2.15. The van der Waals surface area contributed by atoms with Crippen molar-refractivity contribution in [3.8, 4) is 0 Å². The molecular formula is C17H20N4O5S. The number of amides is 2. The second kappa shape index (κ2) is 7.49. The maximum absolute atomic E-state index is 12.6. The molecule has 3 rings (SSSR count). The van der Waals surface area contributed by atoms with Crippen LogP contribution in [0.25, 0.3) is 0 Å². The number of benzene rings is 1. The number of carbonyl (C=O) groups excluding carboxylic acids is 2. The van der Waals surface area contributed by atoms with Crippen LogP contribution in [0.4, 0.5) is 0 Å². The van der Waals surface area contributed by atoms with Gasteiger partial charge in [-0.25, -0.2) is 8.42 Å². The SMILES string of the molecule is Cc1cc(CN(C)C(=O)c2ccc(S(=O)(=O)N3CCNC(=O)C3)cc2)no1. The third kappa shape index (κ3) is 4.17. The minimum Gasteiger partial charge on any atom is -0.361 e. The van der Waals surface area contributed by atoms with Gasteiger partial charge in [-0.1, -0.05) is 5.16 Å². The Kier molecular flexibility index (Phi) is 5.29. The third-order valence-corrected chi connectivity index (χ3v) is 6.02. The van der Waals surface area contributed by atoms with Crippen molar-refractivity contribution >= 4 is 21.8 Å². The molecule has 1 aromatic carbocycles. The predicted molar refractivity (Wildman–Crippen MR) is 95.2 cm³/mol. The first-order chi connectivity index (χ1) is 12.8. The lowest BCUT2D eigenvalue weighted by Crippen LogP contribution is -2.49. The number of sulfonamides is 1. The summed E-state index contributed by atoms with van der Waals surface area (Å²) in [6.07, 6.45) is 0. The van der Waals surface area contributed by atoms with E-state index in [4.69, 9.17) is 4.52 Å². The highest BCUT2D eigenvalue weighted by Gasteiger charge is 2.29.